The lowest BCUT2D eigenvalue weighted by atomic mass is 9.86. The minimum absolute atomic E-state index is 0.0145. The third-order valence-corrected chi connectivity index (χ3v) is 6.15. The SMILES string of the molecule is CNC(=O)C(NC(=O)c1nn(-c2ccc(Cl)cc2Cl)c(-c2ccc(Cl)cc2)c1CC#N)C(C)(C)C. The first-order valence-corrected chi connectivity index (χ1v) is 11.8. The summed E-state index contributed by atoms with van der Waals surface area (Å²) in [5, 5.41) is 20.8. The molecule has 0 radical (unpaired) electrons. The van der Waals surface area contributed by atoms with Gasteiger partial charge in [0.2, 0.25) is 5.91 Å². The fourth-order valence-corrected chi connectivity index (χ4v) is 4.24. The fourth-order valence-electron chi connectivity index (χ4n) is 3.63. The van der Waals surface area contributed by atoms with Crippen molar-refractivity contribution in [2.45, 2.75) is 33.2 Å². The number of likely N-dealkylation sites (N-methyl/N-ethyl adjacent to an activating group) is 1. The van der Waals surface area contributed by atoms with Gasteiger partial charge in [-0.1, -0.05) is 67.7 Å². The van der Waals surface area contributed by atoms with Crippen LogP contribution in [0.15, 0.2) is 42.5 Å². The van der Waals surface area contributed by atoms with Gasteiger partial charge >= 0.3 is 0 Å². The van der Waals surface area contributed by atoms with Crippen LogP contribution in [-0.4, -0.2) is 34.7 Å². The molecule has 0 spiro atoms. The Morgan fingerprint density at radius 2 is 1.71 bits per heavy atom. The van der Waals surface area contributed by atoms with Crippen LogP contribution < -0.4 is 10.6 Å². The molecule has 7 nitrogen and oxygen atoms in total. The monoisotopic (exact) mass is 531 g/mol. The molecule has 35 heavy (non-hydrogen) atoms. The molecule has 0 aliphatic rings. The number of carbonyl (C=O) groups excluding carboxylic acids is 2. The molecular formula is C25H24Cl3N5O2. The largest absolute Gasteiger partial charge is 0.357 e. The van der Waals surface area contributed by atoms with Gasteiger partial charge < -0.3 is 10.6 Å². The van der Waals surface area contributed by atoms with Gasteiger partial charge in [0, 0.05) is 28.2 Å². The summed E-state index contributed by atoms with van der Waals surface area (Å²) in [7, 11) is 1.50. The summed E-state index contributed by atoms with van der Waals surface area (Å²) in [4.78, 5) is 26.0. The van der Waals surface area contributed by atoms with E-state index in [-0.39, 0.29) is 18.0 Å². The molecule has 1 aromatic heterocycles. The van der Waals surface area contributed by atoms with E-state index < -0.39 is 17.4 Å². The molecule has 0 saturated heterocycles. The second-order valence-electron chi connectivity index (χ2n) is 8.91. The average Bonchev–Trinajstić information content (AvgIpc) is 3.16. The normalized spacial score (nSPS) is 12.1. The third-order valence-electron chi connectivity index (χ3n) is 5.36. The molecule has 0 saturated carbocycles. The van der Waals surface area contributed by atoms with Crippen LogP contribution in [0.5, 0.6) is 0 Å². The standard InChI is InChI=1S/C25H24Cl3N5O2/c1-25(2,3)22(24(35)30-4)31-23(34)20-17(11-12-29)21(14-5-7-15(26)8-6-14)33(32-20)19-10-9-16(27)13-18(19)28/h5-10,13,22H,11H2,1-4H3,(H,30,35)(H,31,34). The molecule has 1 unspecified atom stereocenters. The van der Waals surface area contributed by atoms with E-state index in [1.165, 1.54) is 11.7 Å². The molecular weight excluding hydrogens is 509 g/mol. The van der Waals surface area contributed by atoms with E-state index in [9.17, 15) is 14.9 Å². The Labute approximate surface area is 219 Å². The van der Waals surface area contributed by atoms with Crippen LogP contribution in [0.25, 0.3) is 16.9 Å². The number of nitrogens with one attached hydrogen (secondary N) is 2. The van der Waals surface area contributed by atoms with Crippen molar-refractivity contribution in [2.24, 2.45) is 5.41 Å². The molecule has 2 aromatic carbocycles. The Morgan fingerprint density at radius 1 is 1.09 bits per heavy atom. The molecule has 0 bridgehead atoms. The lowest BCUT2D eigenvalue weighted by molar-refractivity contribution is -0.124. The molecule has 2 amide bonds. The van der Waals surface area contributed by atoms with Gasteiger partial charge in [-0.15, -0.1) is 0 Å². The predicted molar refractivity (Wildman–Crippen MR) is 138 cm³/mol. The first-order valence-electron chi connectivity index (χ1n) is 10.7. The summed E-state index contributed by atoms with van der Waals surface area (Å²) >= 11 is 18.7. The number of halogens is 3. The molecule has 1 atom stereocenters. The van der Waals surface area contributed by atoms with E-state index in [0.717, 1.165) is 0 Å². The maximum atomic E-state index is 13.5. The van der Waals surface area contributed by atoms with E-state index in [2.05, 4.69) is 21.8 Å². The number of hydrogen-bond acceptors (Lipinski definition) is 4. The second-order valence-corrected chi connectivity index (χ2v) is 10.2. The van der Waals surface area contributed by atoms with Crippen LogP contribution >= 0.6 is 34.8 Å². The number of nitrogens with zero attached hydrogens (tertiary/aromatic N) is 3. The van der Waals surface area contributed by atoms with E-state index in [4.69, 9.17) is 34.8 Å². The van der Waals surface area contributed by atoms with Crippen LogP contribution in [0.4, 0.5) is 0 Å². The molecule has 1 heterocycles. The molecule has 3 aromatic rings. The summed E-state index contributed by atoms with van der Waals surface area (Å²) in [6.07, 6.45) is -0.105. The smallest absolute Gasteiger partial charge is 0.272 e. The number of carbonyl (C=O) groups is 2. The highest BCUT2D eigenvalue weighted by Gasteiger charge is 2.34. The first-order chi connectivity index (χ1) is 16.5. The van der Waals surface area contributed by atoms with Crippen LogP contribution in [0.3, 0.4) is 0 Å². The summed E-state index contributed by atoms with van der Waals surface area (Å²) in [5.41, 5.74) is 1.48. The molecule has 0 aliphatic heterocycles. The van der Waals surface area contributed by atoms with E-state index in [1.54, 1.807) is 42.5 Å². The topological polar surface area (TPSA) is 99.8 Å². The van der Waals surface area contributed by atoms with Crippen LogP contribution in [0.1, 0.15) is 36.8 Å². The third kappa shape index (κ3) is 5.79. The minimum Gasteiger partial charge on any atom is -0.357 e. The molecule has 182 valence electrons. The highest BCUT2D eigenvalue weighted by Crippen LogP contribution is 2.34. The molecule has 3 rings (SSSR count). The maximum Gasteiger partial charge on any atom is 0.272 e. The van der Waals surface area contributed by atoms with Gasteiger partial charge in [0.15, 0.2) is 5.69 Å². The Hall–Kier alpha value is -3.05. The number of benzene rings is 2. The van der Waals surface area contributed by atoms with Crippen LogP contribution in [0.2, 0.25) is 15.1 Å². The van der Waals surface area contributed by atoms with Gasteiger partial charge in [-0.2, -0.15) is 10.4 Å². The van der Waals surface area contributed by atoms with E-state index in [0.29, 0.717) is 37.6 Å². The van der Waals surface area contributed by atoms with Crippen molar-refractivity contribution in [2.75, 3.05) is 7.05 Å². The van der Waals surface area contributed by atoms with E-state index in [1.807, 2.05) is 20.8 Å². The summed E-state index contributed by atoms with van der Waals surface area (Å²) in [5.74, 6) is -0.927. The van der Waals surface area contributed by atoms with Crippen molar-refractivity contribution >= 4 is 46.6 Å². The van der Waals surface area contributed by atoms with Gasteiger partial charge in [0.25, 0.3) is 5.91 Å². The van der Waals surface area contributed by atoms with Crippen LogP contribution in [0, 0.1) is 16.7 Å². The van der Waals surface area contributed by atoms with Crippen molar-refractivity contribution in [3.8, 4) is 23.0 Å². The minimum atomic E-state index is -0.835. The zero-order valence-electron chi connectivity index (χ0n) is 19.6. The Bertz CT molecular complexity index is 1300. The van der Waals surface area contributed by atoms with Crippen molar-refractivity contribution in [3.05, 3.63) is 68.8 Å². The van der Waals surface area contributed by atoms with Crippen molar-refractivity contribution in [1.82, 2.24) is 20.4 Å². The summed E-state index contributed by atoms with van der Waals surface area (Å²) in [6, 6.07) is 13.1. The Balaban J connectivity index is 2.25. The Kier molecular flexibility index (Phi) is 8.11. The lowest BCUT2D eigenvalue weighted by Crippen LogP contribution is -2.53. The molecule has 2 N–H and O–H groups in total. The predicted octanol–water partition coefficient (Wildman–Crippen LogP) is 5.46. The van der Waals surface area contributed by atoms with Gasteiger partial charge in [-0.05, 0) is 35.7 Å². The zero-order valence-corrected chi connectivity index (χ0v) is 21.9. The number of rotatable bonds is 6. The van der Waals surface area contributed by atoms with Crippen LogP contribution in [-0.2, 0) is 11.2 Å². The number of aromatic nitrogens is 2. The van der Waals surface area contributed by atoms with Crippen molar-refractivity contribution in [3.63, 3.8) is 0 Å². The number of hydrogen-bond donors (Lipinski definition) is 2. The van der Waals surface area contributed by atoms with Gasteiger partial charge in [0.05, 0.1) is 28.9 Å². The highest BCUT2D eigenvalue weighted by molar-refractivity contribution is 6.35. The average molecular weight is 533 g/mol. The van der Waals surface area contributed by atoms with Crippen molar-refractivity contribution < 1.29 is 9.59 Å². The highest BCUT2D eigenvalue weighted by atomic mass is 35.5. The lowest BCUT2D eigenvalue weighted by Gasteiger charge is -2.29. The van der Waals surface area contributed by atoms with Gasteiger partial charge in [-0.25, -0.2) is 4.68 Å². The molecule has 0 fully saturated rings. The fraction of sp³-hybridized carbons (Fsp3) is 0.280. The zero-order chi connectivity index (χ0) is 25.9. The first kappa shape index (κ1) is 26.6. The maximum absolute atomic E-state index is 13.5. The molecule has 10 heteroatoms. The number of nitriles is 1. The van der Waals surface area contributed by atoms with Gasteiger partial charge in [-0.3, -0.25) is 9.59 Å². The number of amides is 2. The van der Waals surface area contributed by atoms with E-state index >= 15 is 0 Å². The second kappa shape index (κ2) is 10.7. The Morgan fingerprint density at radius 3 is 2.26 bits per heavy atom. The van der Waals surface area contributed by atoms with Crippen molar-refractivity contribution in [1.29, 1.82) is 5.26 Å². The molecule has 0 aliphatic carbocycles. The summed E-state index contributed by atoms with van der Waals surface area (Å²) < 4.78 is 1.51. The van der Waals surface area contributed by atoms with Gasteiger partial charge in [0.1, 0.15) is 6.04 Å². The summed E-state index contributed by atoms with van der Waals surface area (Å²) in [6.45, 7) is 5.53. The quantitative estimate of drug-likeness (QED) is 0.440.